The number of anilines is 2. The summed E-state index contributed by atoms with van der Waals surface area (Å²) in [6.07, 6.45) is 2.84. The van der Waals surface area contributed by atoms with Crippen molar-refractivity contribution in [2.45, 2.75) is 57.8 Å². The van der Waals surface area contributed by atoms with Gasteiger partial charge in [-0.2, -0.15) is 0 Å². The van der Waals surface area contributed by atoms with Gasteiger partial charge in [0.1, 0.15) is 5.82 Å². The van der Waals surface area contributed by atoms with Gasteiger partial charge in [0.15, 0.2) is 14.1 Å². The van der Waals surface area contributed by atoms with Gasteiger partial charge in [-0.05, 0) is 43.1 Å². The fourth-order valence-electron chi connectivity index (χ4n) is 3.27. The fourth-order valence-corrected chi connectivity index (χ4v) is 4.62. The zero-order valence-electron chi connectivity index (χ0n) is 14.4. The second kappa shape index (κ2) is 4.93. The Labute approximate surface area is 134 Å². The Kier molecular flexibility index (Phi) is 3.53. The summed E-state index contributed by atoms with van der Waals surface area (Å²) >= 11 is 0. The Morgan fingerprint density at radius 3 is 2.36 bits per heavy atom. The largest absolute Gasteiger partial charge is 0.414 e. The lowest BCUT2D eigenvalue weighted by Gasteiger charge is -2.60. The van der Waals surface area contributed by atoms with Crippen LogP contribution in [0, 0.1) is 5.41 Å². The number of nitrogen functional groups attached to an aromatic ring is 1. The first-order valence-corrected chi connectivity index (χ1v) is 11.0. The highest BCUT2D eigenvalue weighted by atomic mass is 28.4. The van der Waals surface area contributed by atoms with Crippen LogP contribution in [0.15, 0.2) is 12.1 Å². The third kappa shape index (κ3) is 2.74. The Hall–Kier alpha value is -1.14. The standard InChI is InChI=1S/C16H28N4OSi/c1-15(2,3)22(4,5)21-12-8-16(9-12)10-20(11-16)14-7-6-13(17)18-19-14/h6-7,12H,8-11H2,1-5H3,(H2,17,18). The minimum atomic E-state index is -1.63. The summed E-state index contributed by atoms with van der Waals surface area (Å²) in [7, 11) is -1.63. The molecule has 1 aliphatic heterocycles. The van der Waals surface area contributed by atoms with Crippen LogP contribution in [0.25, 0.3) is 0 Å². The quantitative estimate of drug-likeness (QED) is 0.867. The average molecular weight is 321 g/mol. The van der Waals surface area contributed by atoms with E-state index in [1.165, 1.54) is 12.8 Å². The van der Waals surface area contributed by atoms with E-state index < -0.39 is 8.32 Å². The normalized spacial score (nSPS) is 21.6. The van der Waals surface area contributed by atoms with E-state index in [-0.39, 0.29) is 0 Å². The molecule has 5 nitrogen and oxygen atoms in total. The highest BCUT2D eigenvalue weighted by Crippen LogP contribution is 2.52. The summed E-state index contributed by atoms with van der Waals surface area (Å²) in [5.74, 6) is 1.42. The van der Waals surface area contributed by atoms with Crippen molar-refractivity contribution in [1.29, 1.82) is 0 Å². The van der Waals surface area contributed by atoms with Gasteiger partial charge in [0, 0.05) is 24.6 Å². The molecule has 2 aliphatic rings. The van der Waals surface area contributed by atoms with Crippen molar-refractivity contribution in [3.63, 3.8) is 0 Å². The molecule has 22 heavy (non-hydrogen) atoms. The highest BCUT2D eigenvalue weighted by Gasteiger charge is 2.55. The lowest BCUT2D eigenvalue weighted by molar-refractivity contribution is -0.0415. The maximum absolute atomic E-state index is 6.50. The summed E-state index contributed by atoms with van der Waals surface area (Å²) in [6, 6.07) is 3.77. The Morgan fingerprint density at radius 1 is 1.23 bits per heavy atom. The summed E-state index contributed by atoms with van der Waals surface area (Å²) in [5, 5.41) is 8.39. The first kappa shape index (κ1) is 15.7. The molecule has 2 fully saturated rings. The minimum Gasteiger partial charge on any atom is -0.414 e. The molecule has 0 atom stereocenters. The van der Waals surface area contributed by atoms with Crippen molar-refractivity contribution in [1.82, 2.24) is 10.2 Å². The van der Waals surface area contributed by atoms with E-state index >= 15 is 0 Å². The van der Waals surface area contributed by atoms with Gasteiger partial charge in [-0.15, -0.1) is 10.2 Å². The van der Waals surface area contributed by atoms with Gasteiger partial charge in [-0.1, -0.05) is 20.8 Å². The Balaban J connectivity index is 1.50. The smallest absolute Gasteiger partial charge is 0.192 e. The van der Waals surface area contributed by atoms with E-state index in [0.29, 0.717) is 22.4 Å². The van der Waals surface area contributed by atoms with Crippen molar-refractivity contribution in [2.75, 3.05) is 23.7 Å². The van der Waals surface area contributed by atoms with Gasteiger partial charge in [0.25, 0.3) is 0 Å². The molecule has 0 amide bonds. The van der Waals surface area contributed by atoms with Crippen LogP contribution in [-0.4, -0.2) is 37.7 Å². The molecular formula is C16H28N4OSi. The van der Waals surface area contributed by atoms with Crippen LogP contribution < -0.4 is 10.6 Å². The van der Waals surface area contributed by atoms with Crippen molar-refractivity contribution in [3.8, 4) is 0 Å². The number of hydrogen-bond donors (Lipinski definition) is 1. The molecule has 0 radical (unpaired) electrons. The lowest BCUT2D eigenvalue weighted by Crippen LogP contribution is -2.65. The van der Waals surface area contributed by atoms with Crippen LogP contribution in [0.1, 0.15) is 33.6 Å². The lowest BCUT2D eigenvalue weighted by atomic mass is 9.62. The second-order valence-corrected chi connectivity index (χ2v) is 13.3. The first-order chi connectivity index (χ1) is 10.1. The molecule has 1 aromatic rings. The van der Waals surface area contributed by atoms with Gasteiger partial charge in [-0.25, -0.2) is 0 Å². The maximum Gasteiger partial charge on any atom is 0.192 e. The predicted molar refractivity (Wildman–Crippen MR) is 92.4 cm³/mol. The predicted octanol–water partition coefficient (Wildman–Crippen LogP) is 3.05. The van der Waals surface area contributed by atoms with E-state index in [1.54, 1.807) is 0 Å². The van der Waals surface area contributed by atoms with Crippen LogP contribution in [0.3, 0.4) is 0 Å². The van der Waals surface area contributed by atoms with E-state index in [0.717, 1.165) is 18.9 Å². The maximum atomic E-state index is 6.50. The molecule has 2 N–H and O–H groups in total. The van der Waals surface area contributed by atoms with Gasteiger partial charge < -0.3 is 15.1 Å². The van der Waals surface area contributed by atoms with Crippen molar-refractivity contribution in [2.24, 2.45) is 5.41 Å². The zero-order chi connectivity index (χ0) is 16.2. The molecule has 2 heterocycles. The molecule has 3 rings (SSSR count). The van der Waals surface area contributed by atoms with Gasteiger partial charge in [-0.3, -0.25) is 0 Å². The van der Waals surface area contributed by atoms with E-state index in [1.807, 2.05) is 12.1 Å². The highest BCUT2D eigenvalue weighted by molar-refractivity contribution is 6.74. The second-order valence-electron chi connectivity index (χ2n) is 8.58. The van der Waals surface area contributed by atoms with Crippen molar-refractivity contribution >= 4 is 20.0 Å². The van der Waals surface area contributed by atoms with Crippen LogP contribution >= 0.6 is 0 Å². The molecular weight excluding hydrogens is 292 g/mol. The SMILES string of the molecule is CC(C)(C)[Si](C)(C)OC1CC2(C1)CN(c1ccc(N)nn1)C2. The third-order valence-electron chi connectivity index (χ3n) is 5.64. The number of nitrogens with zero attached hydrogens (tertiary/aromatic N) is 3. The number of nitrogens with two attached hydrogens (primary N) is 1. The van der Waals surface area contributed by atoms with Crippen LogP contribution in [-0.2, 0) is 4.43 Å². The van der Waals surface area contributed by atoms with Crippen molar-refractivity contribution in [3.05, 3.63) is 12.1 Å². The first-order valence-electron chi connectivity index (χ1n) is 8.12. The molecule has 1 saturated carbocycles. The van der Waals surface area contributed by atoms with Crippen LogP contribution in [0.4, 0.5) is 11.6 Å². The summed E-state index contributed by atoms with van der Waals surface area (Å²) in [6.45, 7) is 13.7. The average Bonchev–Trinajstić information content (AvgIpc) is 2.30. The monoisotopic (exact) mass is 320 g/mol. The fraction of sp³-hybridized carbons (Fsp3) is 0.750. The van der Waals surface area contributed by atoms with E-state index in [9.17, 15) is 0 Å². The molecule has 1 spiro atoms. The van der Waals surface area contributed by atoms with Crippen LogP contribution in [0.2, 0.25) is 18.1 Å². The Bertz CT molecular complexity index is 538. The summed E-state index contributed by atoms with van der Waals surface area (Å²) in [4.78, 5) is 2.29. The Morgan fingerprint density at radius 2 is 1.86 bits per heavy atom. The van der Waals surface area contributed by atoms with Gasteiger partial charge in [0.2, 0.25) is 0 Å². The minimum absolute atomic E-state index is 0.293. The van der Waals surface area contributed by atoms with Crippen LogP contribution in [0.5, 0.6) is 0 Å². The molecule has 0 bridgehead atoms. The van der Waals surface area contributed by atoms with Gasteiger partial charge in [0.05, 0.1) is 0 Å². The molecule has 1 aliphatic carbocycles. The summed E-state index contributed by atoms with van der Waals surface area (Å²) in [5.41, 5.74) is 6.04. The van der Waals surface area contributed by atoms with Gasteiger partial charge >= 0.3 is 0 Å². The molecule has 0 aromatic carbocycles. The van der Waals surface area contributed by atoms with E-state index in [4.69, 9.17) is 10.2 Å². The van der Waals surface area contributed by atoms with E-state index in [2.05, 4.69) is 49.0 Å². The number of aromatic nitrogens is 2. The molecule has 0 unspecified atom stereocenters. The molecule has 1 aromatic heterocycles. The zero-order valence-corrected chi connectivity index (χ0v) is 15.4. The topological polar surface area (TPSA) is 64.3 Å². The summed E-state index contributed by atoms with van der Waals surface area (Å²) < 4.78 is 6.50. The molecule has 1 saturated heterocycles. The molecule has 6 heteroatoms. The molecule has 122 valence electrons. The van der Waals surface area contributed by atoms with Crippen molar-refractivity contribution < 1.29 is 4.43 Å². The number of hydrogen-bond acceptors (Lipinski definition) is 5. The third-order valence-corrected chi connectivity index (χ3v) is 10.2. The number of rotatable bonds is 3.